The van der Waals surface area contributed by atoms with Crippen molar-refractivity contribution < 1.29 is 9.53 Å². The van der Waals surface area contributed by atoms with Crippen molar-refractivity contribution in [1.82, 2.24) is 10.3 Å². The zero-order valence-electron chi connectivity index (χ0n) is 13.5. The number of amides is 1. The molecule has 0 saturated carbocycles. The summed E-state index contributed by atoms with van der Waals surface area (Å²) in [5.41, 5.74) is 3.04. The highest BCUT2D eigenvalue weighted by atomic mass is 35.5. The molecule has 1 aliphatic heterocycles. The van der Waals surface area contributed by atoms with Crippen LogP contribution >= 0.6 is 11.6 Å². The van der Waals surface area contributed by atoms with Gasteiger partial charge in [-0.15, -0.1) is 0 Å². The normalized spacial score (nSPS) is 16.8. The smallest absolute Gasteiger partial charge is 0.270 e. The van der Waals surface area contributed by atoms with Crippen molar-refractivity contribution in [3.8, 4) is 0 Å². The lowest BCUT2D eigenvalue weighted by molar-refractivity contribution is 0.0854. The number of anilines is 2. The Morgan fingerprint density at radius 1 is 1.33 bits per heavy atom. The number of nitrogens with one attached hydrogen (secondary N) is 2. The minimum atomic E-state index is -0.198. The second kappa shape index (κ2) is 7.64. The van der Waals surface area contributed by atoms with Gasteiger partial charge >= 0.3 is 0 Å². The third-order valence-electron chi connectivity index (χ3n) is 3.97. The molecule has 2 heterocycles. The van der Waals surface area contributed by atoms with Gasteiger partial charge in [0.2, 0.25) is 0 Å². The Hall–Kier alpha value is -2.11. The van der Waals surface area contributed by atoms with Crippen molar-refractivity contribution in [2.75, 3.05) is 18.5 Å². The number of nitrogens with zero attached hydrogens (tertiary/aromatic N) is 1. The Balaban J connectivity index is 1.64. The summed E-state index contributed by atoms with van der Waals surface area (Å²) in [5, 5.41) is 6.81. The van der Waals surface area contributed by atoms with Crippen molar-refractivity contribution in [3.05, 3.63) is 52.8 Å². The molecule has 1 aliphatic rings. The van der Waals surface area contributed by atoms with Gasteiger partial charge in [-0.05, 0) is 49.6 Å². The van der Waals surface area contributed by atoms with E-state index in [0.717, 1.165) is 36.4 Å². The lowest BCUT2D eigenvalue weighted by atomic mass is 10.2. The topological polar surface area (TPSA) is 63.2 Å². The highest BCUT2D eigenvalue weighted by molar-refractivity contribution is 6.31. The van der Waals surface area contributed by atoms with Gasteiger partial charge in [-0.25, -0.2) is 0 Å². The van der Waals surface area contributed by atoms with Crippen LogP contribution < -0.4 is 10.6 Å². The zero-order chi connectivity index (χ0) is 16.9. The van der Waals surface area contributed by atoms with Crippen LogP contribution in [0, 0.1) is 6.92 Å². The first-order valence-electron chi connectivity index (χ1n) is 8.01. The summed E-state index contributed by atoms with van der Waals surface area (Å²) in [6, 6.07) is 9.28. The van der Waals surface area contributed by atoms with Crippen molar-refractivity contribution >= 4 is 28.9 Å². The van der Waals surface area contributed by atoms with Gasteiger partial charge in [0, 0.05) is 35.7 Å². The fraction of sp³-hybridized carbons (Fsp3) is 0.333. The van der Waals surface area contributed by atoms with E-state index >= 15 is 0 Å². The molecule has 24 heavy (non-hydrogen) atoms. The molecule has 0 radical (unpaired) electrons. The maximum absolute atomic E-state index is 12.2. The zero-order valence-corrected chi connectivity index (χ0v) is 14.3. The molecule has 1 aromatic carbocycles. The number of carbonyl (C=O) groups is 1. The SMILES string of the molecule is Cc1ccc(Nc2ccnc(C(=O)NCC3CCCO3)c2)cc1Cl. The molecule has 2 aromatic rings. The number of hydrogen-bond acceptors (Lipinski definition) is 4. The van der Waals surface area contributed by atoms with Crippen molar-refractivity contribution in [2.45, 2.75) is 25.9 Å². The van der Waals surface area contributed by atoms with E-state index in [9.17, 15) is 4.79 Å². The Morgan fingerprint density at radius 3 is 2.92 bits per heavy atom. The number of rotatable bonds is 5. The lowest BCUT2D eigenvalue weighted by Crippen LogP contribution is -2.32. The van der Waals surface area contributed by atoms with Crippen molar-refractivity contribution in [2.24, 2.45) is 0 Å². The second-order valence-electron chi connectivity index (χ2n) is 5.86. The van der Waals surface area contributed by atoms with Crippen LogP contribution in [0.3, 0.4) is 0 Å². The van der Waals surface area contributed by atoms with Gasteiger partial charge in [-0.3, -0.25) is 9.78 Å². The highest BCUT2D eigenvalue weighted by Crippen LogP contribution is 2.23. The standard InChI is InChI=1S/C18H20ClN3O2/c1-12-4-5-13(9-16(12)19)22-14-6-7-20-17(10-14)18(23)21-11-15-3-2-8-24-15/h4-7,9-10,15H,2-3,8,11H2,1H3,(H,20,22)(H,21,23). The Morgan fingerprint density at radius 2 is 2.17 bits per heavy atom. The van der Waals surface area contributed by atoms with Gasteiger partial charge in [-0.2, -0.15) is 0 Å². The minimum absolute atomic E-state index is 0.116. The van der Waals surface area contributed by atoms with E-state index in [2.05, 4.69) is 15.6 Å². The fourth-order valence-electron chi connectivity index (χ4n) is 2.57. The molecule has 0 aliphatic carbocycles. The maximum Gasteiger partial charge on any atom is 0.270 e. The maximum atomic E-state index is 12.2. The number of hydrogen-bond donors (Lipinski definition) is 2. The van der Waals surface area contributed by atoms with E-state index in [-0.39, 0.29) is 12.0 Å². The first kappa shape index (κ1) is 16.7. The average molecular weight is 346 g/mol. The molecule has 126 valence electrons. The molecule has 1 saturated heterocycles. The summed E-state index contributed by atoms with van der Waals surface area (Å²) < 4.78 is 5.50. The lowest BCUT2D eigenvalue weighted by Gasteiger charge is -2.11. The van der Waals surface area contributed by atoms with Gasteiger partial charge in [0.15, 0.2) is 0 Å². The number of aryl methyl sites for hydroxylation is 1. The Bertz CT molecular complexity index is 730. The molecular formula is C18H20ClN3O2. The van der Waals surface area contributed by atoms with Gasteiger partial charge < -0.3 is 15.4 Å². The minimum Gasteiger partial charge on any atom is -0.376 e. The molecule has 1 aromatic heterocycles. The van der Waals surface area contributed by atoms with Crippen LogP contribution in [-0.2, 0) is 4.74 Å². The first-order valence-corrected chi connectivity index (χ1v) is 8.38. The number of benzene rings is 1. The molecule has 0 spiro atoms. The summed E-state index contributed by atoms with van der Waals surface area (Å²) in [7, 11) is 0. The van der Waals surface area contributed by atoms with Gasteiger partial charge in [0.1, 0.15) is 5.69 Å². The number of carbonyl (C=O) groups excluding carboxylic acids is 1. The van der Waals surface area contributed by atoms with Crippen molar-refractivity contribution in [1.29, 1.82) is 0 Å². The van der Waals surface area contributed by atoms with Crippen LogP contribution in [0.15, 0.2) is 36.5 Å². The molecular weight excluding hydrogens is 326 g/mol. The van der Waals surface area contributed by atoms with E-state index in [1.54, 1.807) is 12.3 Å². The molecule has 1 unspecified atom stereocenters. The summed E-state index contributed by atoms with van der Waals surface area (Å²) in [6.07, 6.45) is 3.77. The largest absolute Gasteiger partial charge is 0.376 e. The molecule has 2 N–H and O–H groups in total. The third-order valence-corrected chi connectivity index (χ3v) is 4.37. The van der Waals surface area contributed by atoms with Gasteiger partial charge in [0.05, 0.1) is 6.10 Å². The molecule has 6 heteroatoms. The molecule has 3 rings (SSSR count). The molecule has 1 fully saturated rings. The Kier molecular flexibility index (Phi) is 5.33. The van der Waals surface area contributed by atoms with Crippen molar-refractivity contribution in [3.63, 3.8) is 0 Å². The Labute approximate surface area is 146 Å². The summed E-state index contributed by atoms with van der Waals surface area (Å²) >= 11 is 6.14. The van der Waals surface area contributed by atoms with E-state index in [1.807, 2.05) is 31.2 Å². The summed E-state index contributed by atoms with van der Waals surface area (Å²) in [4.78, 5) is 16.4. The van der Waals surface area contributed by atoms with E-state index in [0.29, 0.717) is 17.3 Å². The first-order chi connectivity index (χ1) is 11.6. The summed E-state index contributed by atoms with van der Waals surface area (Å²) in [6.45, 7) is 3.25. The number of aromatic nitrogens is 1. The average Bonchev–Trinajstić information content (AvgIpc) is 3.10. The van der Waals surface area contributed by atoms with Crippen LogP contribution in [0.5, 0.6) is 0 Å². The van der Waals surface area contributed by atoms with E-state index in [1.165, 1.54) is 0 Å². The number of ether oxygens (including phenoxy) is 1. The van der Waals surface area contributed by atoms with E-state index in [4.69, 9.17) is 16.3 Å². The fourth-order valence-corrected chi connectivity index (χ4v) is 2.75. The van der Waals surface area contributed by atoms with Crippen LogP contribution in [0.2, 0.25) is 5.02 Å². The van der Waals surface area contributed by atoms with Gasteiger partial charge in [0.25, 0.3) is 5.91 Å². The van der Waals surface area contributed by atoms with E-state index < -0.39 is 0 Å². The number of pyridine rings is 1. The quantitative estimate of drug-likeness (QED) is 0.867. The molecule has 5 nitrogen and oxygen atoms in total. The predicted molar refractivity (Wildman–Crippen MR) is 95.0 cm³/mol. The summed E-state index contributed by atoms with van der Waals surface area (Å²) in [5.74, 6) is -0.198. The van der Waals surface area contributed by atoms with Crippen LogP contribution in [0.25, 0.3) is 0 Å². The molecule has 1 amide bonds. The molecule has 0 bridgehead atoms. The molecule has 1 atom stereocenters. The third kappa shape index (κ3) is 4.24. The second-order valence-corrected chi connectivity index (χ2v) is 6.27. The van der Waals surface area contributed by atoms with Gasteiger partial charge in [-0.1, -0.05) is 17.7 Å². The van der Waals surface area contributed by atoms with Crippen LogP contribution in [0.4, 0.5) is 11.4 Å². The highest BCUT2D eigenvalue weighted by Gasteiger charge is 2.17. The van der Waals surface area contributed by atoms with Crippen LogP contribution in [-0.4, -0.2) is 30.1 Å². The monoisotopic (exact) mass is 345 g/mol. The number of halogens is 1. The predicted octanol–water partition coefficient (Wildman–Crippen LogP) is 3.70. The van der Waals surface area contributed by atoms with Crippen LogP contribution in [0.1, 0.15) is 28.9 Å².